The van der Waals surface area contributed by atoms with E-state index in [4.69, 9.17) is 4.42 Å². The van der Waals surface area contributed by atoms with Gasteiger partial charge in [-0.3, -0.25) is 4.40 Å². The van der Waals surface area contributed by atoms with E-state index in [1.54, 1.807) is 53.3 Å². The van der Waals surface area contributed by atoms with Crippen molar-refractivity contribution in [3.05, 3.63) is 72.6 Å². The van der Waals surface area contributed by atoms with Gasteiger partial charge in [-0.05, 0) is 30.3 Å². The number of hydrogen-bond donors (Lipinski definition) is 1. The van der Waals surface area contributed by atoms with Crippen LogP contribution in [0.2, 0.25) is 0 Å². The molecule has 0 bridgehead atoms. The number of hydrogen-bond acceptors (Lipinski definition) is 7. The van der Waals surface area contributed by atoms with E-state index in [1.807, 2.05) is 0 Å². The van der Waals surface area contributed by atoms with Crippen LogP contribution in [0.1, 0.15) is 5.56 Å². The Kier molecular flexibility index (Phi) is 4.44. The van der Waals surface area contributed by atoms with Crippen molar-refractivity contribution < 1.29 is 17.2 Å². The zero-order valence-electron chi connectivity index (χ0n) is 16.3. The molecule has 156 valence electrons. The lowest BCUT2D eigenvalue weighted by Gasteiger charge is -2.11. The molecule has 0 aliphatic heterocycles. The summed E-state index contributed by atoms with van der Waals surface area (Å²) in [5, 5.41) is 11.9. The summed E-state index contributed by atoms with van der Waals surface area (Å²) in [4.78, 5) is 4.67. The largest absolute Gasteiger partial charge is 0.464 e. The summed E-state index contributed by atoms with van der Waals surface area (Å²) in [5.74, 6) is 0.0929. The lowest BCUT2D eigenvalue weighted by atomic mass is 10.1. The van der Waals surface area contributed by atoms with Gasteiger partial charge in [-0.15, -0.1) is 10.2 Å². The van der Waals surface area contributed by atoms with Crippen molar-refractivity contribution in [2.24, 2.45) is 0 Å². The highest BCUT2D eigenvalue weighted by molar-refractivity contribution is 7.90. The summed E-state index contributed by atoms with van der Waals surface area (Å²) in [6.07, 6.45) is 5.85. The van der Waals surface area contributed by atoms with Crippen LogP contribution in [0.25, 0.3) is 27.9 Å². The molecule has 8 nitrogen and oxygen atoms in total. The lowest BCUT2D eigenvalue weighted by molar-refractivity contribution is 0.602. The average molecular weight is 437 g/mol. The Morgan fingerprint density at radius 2 is 1.94 bits per heavy atom. The van der Waals surface area contributed by atoms with Gasteiger partial charge in [-0.25, -0.2) is 17.8 Å². The van der Waals surface area contributed by atoms with E-state index in [2.05, 4.69) is 20.5 Å². The first-order chi connectivity index (χ1) is 14.9. The first kappa shape index (κ1) is 19.2. The van der Waals surface area contributed by atoms with Crippen molar-refractivity contribution in [2.75, 3.05) is 11.6 Å². The zero-order chi connectivity index (χ0) is 21.6. The van der Waals surface area contributed by atoms with E-state index < -0.39 is 9.84 Å². The van der Waals surface area contributed by atoms with E-state index in [0.717, 1.165) is 11.8 Å². The number of halogens is 1. The molecule has 0 saturated carbocycles. The predicted octanol–water partition coefficient (Wildman–Crippen LogP) is 3.69. The van der Waals surface area contributed by atoms with Gasteiger partial charge in [0.2, 0.25) is 5.65 Å². The minimum absolute atomic E-state index is 0.181. The maximum atomic E-state index is 14.4. The Morgan fingerprint density at radius 1 is 1.13 bits per heavy atom. The summed E-state index contributed by atoms with van der Waals surface area (Å²) >= 11 is 0. The van der Waals surface area contributed by atoms with Crippen molar-refractivity contribution in [1.82, 2.24) is 19.6 Å². The molecular formula is C21H16FN5O3S. The normalized spacial score (nSPS) is 11.9. The highest BCUT2D eigenvalue weighted by Gasteiger charge is 2.15. The highest BCUT2D eigenvalue weighted by atomic mass is 32.2. The van der Waals surface area contributed by atoms with Crippen LogP contribution in [0.4, 0.5) is 10.2 Å². The van der Waals surface area contributed by atoms with Gasteiger partial charge in [0.1, 0.15) is 17.7 Å². The fourth-order valence-electron chi connectivity index (χ4n) is 3.46. The molecule has 0 aliphatic carbocycles. The van der Waals surface area contributed by atoms with Gasteiger partial charge in [-0.2, -0.15) is 0 Å². The van der Waals surface area contributed by atoms with Crippen molar-refractivity contribution in [3.8, 4) is 11.3 Å². The maximum absolute atomic E-state index is 14.4. The van der Waals surface area contributed by atoms with Gasteiger partial charge in [-0.1, -0.05) is 12.1 Å². The molecular weight excluding hydrogens is 421 g/mol. The van der Waals surface area contributed by atoms with Crippen LogP contribution in [-0.2, 0) is 16.4 Å². The lowest BCUT2D eigenvalue weighted by Crippen LogP contribution is -2.06. The number of aromatic nitrogens is 4. The summed E-state index contributed by atoms with van der Waals surface area (Å²) in [6.45, 7) is 0.181. The Labute approximate surface area is 176 Å². The molecule has 3 aromatic heterocycles. The summed E-state index contributed by atoms with van der Waals surface area (Å²) in [6, 6.07) is 11.2. The quantitative estimate of drug-likeness (QED) is 0.447. The summed E-state index contributed by atoms with van der Waals surface area (Å²) in [5.41, 5.74) is 2.97. The molecule has 0 atom stereocenters. The number of nitrogens with zero attached hydrogens (tertiary/aromatic N) is 4. The Balaban J connectivity index is 1.49. The fraction of sp³-hybridized carbons (Fsp3) is 0.0952. The van der Waals surface area contributed by atoms with Gasteiger partial charge in [0.05, 0.1) is 23.0 Å². The van der Waals surface area contributed by atoms with E-state index in [9.17, 15) is 12.8 Å². The van der Waals surface area contributed by atoms with Gasteiger partial charge in [0.15, 0.2) is 15.7 Å². The molecule has 0 spiro atoms. The van der Waals surface area contributed by atoms with Crippen molar-refractivity contribution >= 4 is 32.3 Å². The van der Waals surface area contributed by atoms with Crippen LogP contribution >= 0.6 is 0 Å². The second kappa shape index (κ2) is 7.17. The van der Waals surface area contributed by atoms with E-state index in [-0.39, 0.29) is 17.3 Å². The molecule has 0 fully saturated rings. The highest BCUT2D eigenvalue weighted by Crippen LogP contribution is 2.26. The molecule has 2 aromatic carbocycles. The SMILES string of the molecule is CS(=O)(=O)c1ccc(-c2cnc(NCc3c(F)ccc4occc34)c3nncn23)cc1. The molecule has 5 rings (SSSR count). The van der Waals surface area contributed by atoms with Crippen LogP contribution in [0, 0.1) is 5.82 Å². The minimum atomic E-state index is -3.28. The molecule has 0 amide bonds. The molecule has 3 heterocycles. The average Bonchev–Trinajstić information content (AvgIpc) is 3.42. The Bertz CT molecular complexity index is 1520. The smallest absolute Gasteiger partial charge is 0.203 e. The van der Waals surface area contributed by atoms with Gasteiger partial charge in [0, 0.05) is 29.3 Å². The first-order valence-electron chi connectivity index (χ1n) is 9.29. The minimum Gasteiger partial charge on any atom is -0.464 e. The number of anilines is 1. The standard InChI is InChI=1S/C21H16FN5O3S/c1-31(28,29)14-4-2-13(3-5-14)18-11-24-20(21-26-25-12-27(18)21)23-10-16-15-8-9-30-19(15)7-6-17(16)22/h2-9,11-12H,10H2,1H3,(H,23,24). The number of nitrogens with one attached hydrogen (secondary N) is 1. The Hall–Kier alpha value is -3.79. The van der Waals surface area contributed by atoms with Crippen LogP contribution < -0.4 is 5.32 Å². The number of benzene rings is 2. The molecule has 0 unspecified atom stereocenters. The van der Waals surface area contributed by atoms with Gasteiger partial charge in [0.25, 0.3) is 0 Å². The Morgan fingerprint density at radius 3 is 2.71 bits per heavy atom. The van der Waals surface area contributed by atoms with Crippen LogP contribution in [0.15, 0.2) is 70.6 Å². The van der Waals surface area contributed by atoms with E-state index in [0.29, 0.717) is 33.7 Å². The fourth-order valence-corrected chi connectivity index (χ4v) is 4.09. The molecule has 10 heteroatoms. The predicted molar refractivity (Wildman–Crippen MR) is 113 cm³/mol. The van der Waals surface area contributed by atoms with Crippen molar-refractivity contribution in [2.45, 2.75) is 11.4 Å². The van der Waals surface area contributed by atoms with Crippen molar-refractivity contribution in [3.63, 3.8) is 0 Å². The number of furan rings is 1. The van der Waals surface area contributed by atoms with Crippen LogP contribution in [0.3, 0.4) is 0 Å². The first-order valence-corrected chi connectivity index (χ1v) is 11.2. The van der Waals surface area contributed by atoms with E-state index >= 15 is 0 Å². The second-order valence-electron chi connectivity index (χ2n) is 7.03. The molecule has 1 N–H and O–H groups in total. The molecule has 31 heavy (non-hydrogen) atoms. The van der Waals surface area contributed by atoms with E-state index in [1.165, 1.54) is 12.3 Å². The molecule has 0 saturated heterocycles. The third-order valence-electron chi connectivity index (χ3n) is 5.04. The summed E-state index contributed by atoms with van der Waals surface area (Å²) < 4.78 is 44.8. The third-order valence-corrected chi connectivity index (χ3v) is 6.16. The molecule has 0 aliphatic rings. The van der Waals surface area contributed by atoms with Gasteiger partial charge < -0.3 is 9.73 Å². The van der Waals surface area contributed by atoms with Crippen molar-refractivity contribution in [1.29, 1.82) is 0 Å². The van der Waals surface area contributed by atoms with Crippen LogP contribution in [0.5, 0.6) is 0 Å². The second-order valence-corrected chi connectivity index (χ2v) is 9.04. The van der Waals surface area contributed by atoms with Gasteiger partial charge >= 0.3 is 0 Å². The number of fused-ring (bicyclic) bond motifs is 2. The zero-order valence-corrected chi connectivity index (χ0v) is 17.1. The maximum Gasteiger partial charge on any atom is 0.203 e. The molecule has 5 aromatic rings. The van der Waals surface area contributed by atoms with Crippen LogP contribution in [-0.4, -0.2) is 34.3 Å². The number of rotatable bonds is 5. The third kappa shape index (κ3) is 3.40. The monoisotopic (exact) mass is 437 g/mol. The summed E-state index contributed by atoms with van der Waals surface area (Å²) in [7, 11) is -3.28. The topological polar surface area (TPSA) is 102 Å². The number of sulfone groups is 1. The molecule has 0 radical (unpaired) electrons.